The van der Waals surface area contributed by atoms with E-state index >= 15 is 0 Å². The van der Waals surface area contributed by atoms with E-state index in [9.17, 15) is 4.79 Å². The summed E-state index contributed by atoms with van der Waals surface area (Å²) in [4.78, 5) is 14.6. The maximum Gasteiger partial charge on any atom is 0.253 e. The Kier molecular flexibility index (Phi) is 8.49. The molecule has 0 heterocycles. The molecule has 6 heteroatoms. The van der Waals surface area contributed by atoms with Gasteiger partial charge in [0.05, 0.1) is 27.9 Å². The number of amides is 1. The summed E-state index contributed by atoms with van der Waals surface area (Å²) >= 11 is 0. The van der Waals surface area contributed by atoms with Crippen molar-refractivity contribution in [1.82, 2.24) is 0 Å². The van der Waals surface area contributed by atoms with E-state index in [0.717, 1.165) is 28.1 Å². The highest BCUT2D eigenvalue weighted by Gasteiger charge is 2.20. The van der Waals surface area contributed by atoms with Gasteiger partial charge in [0.25, 0.3) is 5.91 Å². The van der Waals surface area contributed by atoms with Crippen molar-refractivity contribution >= 4 is 23.7 Å². The van der Waals surface area contributed by atoms with Crippen LogP contribution in [0.25, 0.3) is 12.2 Å². The van der Waals surface area contributed by atoms with E-state index in [1.54, 1.807) is 26.2 Å². The molecule has 0 saturated carbocycles. The van der Waals surface area contributed by atoms with Crippen LogP contribution in [0.2, 0.25) is 0 Å². The molecule has 0 aromatic heterocycles. The van der Waals surface area contributed by atoms with Gasteiger partial charge in [-0.05, 0) is 41.5 Å². The quantitative estimate of drug-likeness (QED) is 0.407. The summed E-state index contributed by atoms with van der Waals surface area (Å²) in [5.41, 5.74) is 3.53. The fraction of sp³-hybridized carbons (Fsp3) is 0.222. The van der Waals surface area contributed by atoms with Crippen molar-refractivity contribution in [1.29, 1.82) is 0 Å². The minimum Gasteiger partial charge on any atom is -0.497 e. The molecule has 0 unspecified atom stereocenters. The molecular weight excluding hydrogens is 418 g/mol. The van der Waals surface area contributed by atoms with Crippen LogP contribution >= 0.6 is 0 Å². The van der Waals surface area contributed by atoms with Gasteiger partial charge in [0.2, 0.25) is 0 Å². The number of ether oxygens (including phenoxy) is 4. The maximum atomic E-state index is 12.9. The average Bonchev–Trinajstić information content (AvgIpc) is 2.86. The molecule has 0 fully saturated rings. The Hall–Kier alpha value is -3.77. The minimum absolute atomic E-state index is 0.0234. The van der Waals surface area contributed by atoms with Crippen LogP contribution in [-0.2, 0) is 16.1 Å². The Morgan fingerprint density at radius 2 is 1.52 bits per heavy atom. The first-order valence-electron chi connectivity index (χ1n) is 10.5. The van der Waals surface area contributed by atoms with Crippen LogP contribution < -0.4 is 19.1 Å². The zero-order valence-corrected chi connectivity index (χ0v) is 19.4. The standard InChI is InChI=1S/C27H29NO5/c1-30-19-27(29)28(22-8-6-5-7-9-22)18-25-21(16-24(32-3)17-26(25)33-4)13-10-20-11-14-23(31-2)15-12-20/h5-17H,18-19H2,1-4H3. The normalized spacial score (nSPS) is 10.8. The first-order chi connectivity index (χ1) is 16.1. The highest BCUT2D eigenvalue weighted by molar-refractivity contribution is 5.94. The van der Waals surface area contributed by atoms with Gasteiger partial charge in [-0.1, -0.05) is 42.5 Å². The zero-order chi connectivity index (χ0) is 23.6. The second-order valence-corrected chi connectivity index (χ2v) is 7.25. The Labute approximate surface area is 195 Å². The Bertz CT molecular complexity index is 1080. The molecule has 0 N–H and O–H groups in total. The fourth-order valence-electron chi connectivity index (χ4n) is 3.45. The van der Waals surface area contributed by atoms with Gasteiger partial charge in [-0.15, -0.1) is 0 Å². The van der Waals surface area contributed by atoms with E-state index in [2.05, 4.69) is 0 Å². The lowest BCUT2D eigenvalue weighted by molar-refractivity contribution is -0.122. The third-order valence-electron chi connectivity index (χ3n) is 5.20. The van der Waals surface area contributed by atoms with E-state index in [4.69, 9.17) is 18.9 Å². The van der Waals surface area contributed by atoms with Gasteiger partial charge < -0.3 is 23.8 Å². The van der Waals surface area contributed by atoms with Crippen LogP contribution in [0.3, 0.4) is 0 Å². The van der Waals surface area contributed by atoms with Gasteiger partial charge in [-0.2, -0.15) is 0 Å². The predicted octanol–water partition coefficient (Wildman–Crippen LogP) is 5.06. The number of benzene rings is 3. The van der Waals surface area contributed by atoms with Crippen molar-refractivity contribution < 1.29 is 23.7 Å². The molecule has 0 aliphatic heterocycles. The number of carbonyl (C=O) groups is 1. The SMILES string of the molecule is COCC(=O)N(Cc1c(C=Cc2ccc(OC)cc2)cc(OC)cc1OC)c1ccccc1. The lowest BCUT2D eigenvalue weighted by atomic mass is 10.0. The molecular formula is C27H29NO5. The number of methoxy groups -OCH3 is 4. The Morgan fingerprint density at radius 1 is 0.818 bits per heavy atom. The molecule has 0 atom stereocenters. The summed E-state index contributed by atoms with van der Waals surface area (Å²) < 4.78 is 21.5. The van der Waals surface area contributed by atoms with Gasteiger partial charge in [0.15, 0.2) is 0 Å². The number of anilines is 1. The smallest absolute Gasteiger partial charge is 0.253 e. The van der Waals surface area contributed by atoms with Crippen molar-refractivity contribution in [3.8, 4) is 17.2 Å². The molecule has 0 radical (unpaired) electrons. The van der Waals surface area contributed by atoms with Crippen LogP contribution in [0.15, 0.2) is 66.7 Å². The van der Waals surface area contributed by atoms with Gasteiger partial charge in [-0.3, -0.25) is 4.79 Å². The molecule has 0 aliphatic rings. The lowest BCUT2D eigenvalue weighted by Crippen LogP contribution is -2.33. The number of nitrogens with zero attached hydrogens (tertiary/aromatic N) is 1. The molecule has 0 spiro atoms. The molecule has 3 aromatic carbocycles. The highest BCUT2D eigenvalue weighted by atomic mass is 16.5. The van der Waals surface area contributed by atoms with E-state index in [1.807, 2.05) is 78.9 Å². The molecule has 6 nitrogen and oxygen atoms in total. The summed E-state index contributed by atoms with van der Waals surface area (Å²) in [6.45, 7) is 0.284. The van der Waals surface area contributed by atoms with Crippen molar-refractivity contribution in [3.63, 3.8) is 0 Å². The van der Waals surface area contributed by atoms with Crippen LogP contribution in [0.4, 0.5) is 5.69 Å². The summed E-state index contributed by atoms with van der Waals surface area (Å²) in [7, 11) is 6.38. The van der Waals surface area contributed by atoms with Crippen LogP contribution in [0.5, 0.6) is 17.2 Å². The van der Waals surface area contributed by atoms with Gasteiger partial charge in [0, 0.05) is 24.4 Å². The molecule has 1 amide bonds. The minimum atomic E-state index is -0.147. The van der Waals surface area contributed by atoms with Crippen molar-refractivity contribution in [2.45, 2.75) is 6.54 Å². The van der Waals surface area contributed by atoms with Gasteiger partial charge in [-0.25, -0.2) is 0 Å². The van der Waals surface area contributed by atoms with Gasteiger partial charge >= 0.3 is 0 Å². The second-order valence-electron chi connectivity index (χ2n) is 7.25. The molecule has 172 valence electrons. The lowest BCUT2D eigenvalue weighted by Gasteiger charge is -2.25. The molecule has 3 rings (SSSR count). The summed E-state index contributed by atoms with van der Waals surface area (Å²) in [5, 5.41) is 0. The number of hydrogen-bond donors (Lipinski definition) is 0. The summed E-state index contributed by atoms with van der Waals surface area (Å²) in [6.07, 6.45) is 3.99. The second kappa shape index (κ2) is 11.7. The van der Waals surface area contributed by atoms with E-state index < -0.39 is 0 Å². The first kappa shape index (κ1) is 23.9. The first-order valence-corrected chi connectivity index (χ1v) is 10.5. The van der Waals surface area contributed by atoms with Crippen LogP contribution in [-0.4, -0.2) is 41.0 Å². The third kappa shape index (κ3) is 6.14. The topological polar surface area (TPSA) is 57.2 Å². The fourth-order valence-corrected chi connectivity index (χ4v) is 3.45. The highest BCUT2D eigenvalue weighted by Crippen LogP contribution is 2.32. The summed E-state index contributed by atoms with van der Waals surface area (Å²) in [6, 6.07) is 21.0. The maximum absolute atomic E-state index is 12.9. The molecule has 33 heavy (non-hydrogen) atoms. The van der Waals surface area contributed by atoms with Crippen LogP contribution in [0, 0.1) is 0 Å². The number of carbonyl (C=O) groups excluding carboxylic acids is 1. The predicted molar refractivity (Wildman–Crippen MR) is 131 cm³/mol. The van der Waals surface area contributed by atoms with Gasteiger partial charge in [0.1, 0.15) is 23.9 Å². The molecule has 0 bridgehead atoms. The zero-order valence-electron chi connectivity index (χ0n) is 19.4. The van der Waals surface area contributed by atoms with Crippen LogP contribution in [0.1, 0.15) is 16.7 Å². The number of hydrogen-bond acceptors (Lipinski definition) is 5. The molecule has 0 aliphatic carbocycles. The molecule has 0 saturated heterocycles. The largest absolute Gasteiger partial charge is 0.497 e. The van der Waals surface area contributed by atoms with Crippen molar-refractivity contribution in [2.24, 2.45) is 0 Å². The molecule has 3 aromatic rings. The van der Waals surface area contributed by atoms with E-state index in [-0.39, 0.29) is 12.5 Å². The summed E-state index contributed by atoms with van der Waals surface area (Å²) in [5.74, 6) is 1.95. The van der Waals surface area contributed by atoms with E-state index in [1.165, 1.54) is 7.11 Å². The Morgan fingerprint density at radius 3 is 2.12 bits per heavy atom. The van der Waals surface area contributed by atoms with Crippen molar-refractivity contribution in [3.05, 3.63) is 83.4 Å². The third-order valence-corrected chi connectivity index (χ3v) is 5.20. The Balaban J connectivity index is 2.04. The number of para-hydroxylation sites is 1. The average molecular weight is 448 g/mol. The number of rotatable bonds is 10. The van der Waals surface area contributed by atoms with E-state index in [0.29, 0.717) is 18.0 Å². The van der Waals surface area contributed by atoms with Crippen molar-refractivity contribution in [2.75, 3.05) is 39.9 Å². The monoisotopic (exact) mass is 447 g/mol.